The largest absolute Gasteiger partial charge is 0.376 e. The first-order valence-electron chi connectivity index (χ1n) is 10.3. The Morgan fingerprint density at radius 1 is 1.24 bits per heavy atom. The molecule has 1 aromatic carbocycles. The molecule has 2 N–H and O–H groups in total. The van der Waals surface area contributed by atoms with Gasteiger partial charge in [0.1, 0.15) is 0 Å². The van der Waals surface area contributed by atoms with E-state index in [2.05, 4.69) is 70.7 Å². The summed E-state index contributed by atoms with van der Waals surface area (Å²) in [6, 6.07) is 10.7. The zero-order chi connectivity index (χ0) is 20.6. The molecule has 1 unspecified atom stereocenters. The zero-order valence-electron chi connectivity index (χ0n) is 17.9. The molecule has 0 amide bonds. The molecule has 0 radical (unpaired) electrons. The molecular formula is C22H33N5O2. The van der Waals surface area contributed by atoms with Crippen molar-refractivity contribution in [2.75, 3.05) is 26.7 Å². The Labute approximate surface area is 173 Å². The lowest BCUT2D eigenvalue weighted by molar-refractivity contribution is -0.0212. The number of nitrogens with zero attached hydrogens (tertiary/aromatic N) is 3. The average molecular weight is 400 g/mol. The van der Waals surface area contributed by atoms with Crippen LogP contribution in [0.1, 0.15) is 49.3 Å². The van der Waals surface area contributed by atoms with Crippen molar-refractivity contribution >= 4 is 5.96 Å². The predicted octanol–water partition coefficient (Wildman–Crippen LogP) is 2.88. The number of morpholine rings is 1. The van der Waals surface area contributed by atoms with Gasteiger partial charge in [0.2, 0.25) is 0 Å². The van der Waals surface area contributed by atoms with Crippen molar-refractivity contribution in [3.05, 3.63) is 52.9 Å². The second-order valence-electron chi connectivity index (χ2n) is 7.89. The van der Waals surface area contributed by atoms with Gasteiger partial charge in [0.15, 0.2) is 11.7 Å². The molecular weight excluding hydrogens is 366 g/mol. The Morgan fingerprint density at radius 3 is 2.76 bits per heavy atom. The molecule has 2 heterocycles. The van der Waals surface area contributed by atoms with E-state index in [-0.39, 0.29) is 0 Å². The second-order valence-corrected chi connectivity index (χ2v) is 7.89. The van der Waals surface area contributed by atoms with Crippen LogP contribution in [0.25, 0.3) is 0 Å². The van der Waals surface area contributed by atoms with Gasteiger partial charge < -0.3 is 19.9 Å². The minimum absolute atomic E-state index is 0.309. The van der Waals surface area contributed by atoms with E-state index in [1.165, 1.54) is 11.1 Å². The number of rotatable bonds is 7. The first kappa shape index (κ1) is 21.3. The molecule has 1 saturated heterocycles. The monoisotopic (exact) mass is 399 g/mol. The SMILES string of the molecule is CN=C(NCc1cccc(CN2CCOC(C)C2)c1)NCc1cc(C(C)C)no1. The molecule has 0 spiro atoms. The molecule has 29 heavy (non-hydrogen) atoms. The number of nitrogens with one attached hydrogen (secondary N) is 2. The number of aromatic nitrogens is 1. The Morgan fingerprint density at radius 2 is 2.03 bits per heavy atom. The highest BCUT2D eigenvalue weighted by molar-refractivity contribution is 5.79. The maximum Gasteiger partial charge on any atom is 0.191 e. The van der Waals surface area contributed by atoms with Crippen LogP contribution >= 0.6 is 0 Å². The van der Waals surface area contributed by atoms with E-state index in [9.17, 15) is 0 Å². The molecule has 7 nitrogen and oxygen atoms in total. The first-order valence-corrected chi connectivity index (χ1v) is 10.3. The van der Waals surface area contributed by atoms with Crippen LogP contribution in [-0.4, -0.2) is 48.9 Å². The summed E-state index contributed by atoms with van der Waals surface area (Å²) in [5.41, 5.74) is 3.52. The number of benzene rings is 1. The molecule has 1 aliphatic heterocycles. The zero-order valence-corrected chi connectivity index (χ0v) is 17.9. The minimum Gasteiger partial charge on any atom is -0.376 e. The molecule has 1 aromatic heterocycles. The Kier molecular flexibility index (Phi) is 7.66. The number of hydrogen-bond acceptors (Lipinski definition) is 5. The molecule has 3 rings (SSSR count). The van der Waals surface area contributed by atoms with E-state index in [4.69, 9.17) is 9.26 Å². The van der Waals surface area contributed by atoms with Gasteiger partial charge >= 0.3 is 0 Å². The van der Waals surface area contributed by atoms with Gasteiger partial charge in [-0.3, -0.25) is 9.89 Å². The summed E-state index contributed by atoms with van der Waals surface area (Å²) in [5, 5.41) is 10.7. The molecule has 0 aliphatic carbocycles. The molecule has 1 fully saturated rings. The summed E-state index contributed by atoms with van der Waals surface area (Å²) in [6.07, 6.45) is 0.309. The van der Waals surface area contributed by atoms with E-state index in [0.29, 0.717) is 25.1 Å². The lowest BCUT2D eigenvalue weighted by Gasteiger charge is -2.31. The van der Waals surface area contributed by atoms with E-state index in [1.807, 2.05) is 6.07 Å². The molecule has 0 saturated carbocycles. The van der Waals surface area contributed by atoms with Gasteiger partial charge in [-0.05, 0) is 24.0 Å². The number of aliphatic imine (C=N–C) groups is 1. The highest BCUT2D eigenvalue weighted by Gasteiger charge is 2.16. The van der Waals surface area contributed by atoms with Crippen LogP contribution in [0.2, 0.25) is 0 Å². The quantitative estimate of drug-likeness (QED) is 0.551. The Bertz CT molecular complexity index is 802. The summed E-state index contributed by atoms with van der Waals surface area (Å²) in [7, 11) is 1.77. The van der Waals surface area contributed by atoms with Crippen molar-refractivity contribution < 1.29 is 9.26 Å². The van der Waals surface area contributed by atoms with Crippen molar-refractivity contribution in [1.29, 1.82) is 0 Å². The Hall–Kier alpha value is -2.38. The van der Waals surface area contributed by atoms with Crippen LogP contribution in [0.5, 0.6) is 0 Å². The molecule has 0 bridgehead atoms. The van der Waals surface area contributed by atoms with E-state index in [0.717, 1.165) is 43.7 Å². The fraction of sp³-hybridized carbons (Fsp3) is 0.545. The van der Waals surface area contributed by atoms with Crippen LogP contribution in [0.3, 0.4) is 0 Å². The van der Waals surface area contributed by atoms with Crippen molar-refractivity contribution in [3.63, 3.8) is 0 Å². The fourth-order valence-corrected chi connectivity index (χ4v) is 3.39. The Balaban J connectivity index is 1.48. The maximum absolute atomic E-state index is 5.63. The summed E-state index contributed by atoms with van der Waals surface area (Å²) in [5.74, 6) is 1.90. The standard InChI is InChI=1S/C22H33N5O2/c1-16(2)21-11-20(29-26-21)13-25-22(23-4)24-12-18-6-5-7-19(10-18)15-27-8-9-28-17(3)14-27/h5-7,10-11,16-17H,8-9,12-15H2,1-4H3,(H2,23,24,25). The summed E-state index contributed by atoms with van der Waals surface area (Å²) >= 11 is 0. The van der Waals surface area contributed by atoms with Gasteiger partial charge in [0, 0.05) is 39.3 Å². The van der Waals surface area contributed by atoms with Gasteiger partial charge in [0.05, 0.1) is 24.9 Å². The third-order valence-corrected chi connectivity index (χ3v) is 5.01. The van der Waals surface area contributed by atoms with Crippen LogP contribution in [0.4, 0.5) is 0 Å². The predicted molar refractivity (Wildman–Crippen MR) is 115 cm³/mol. The molecule has 1 aliphatic rings. The molecule has 158 valence electrons. The maximum atomic E-state index is 5.63. The number of guanidine groups is 1. The van der Waals surface area contributed by atoms with Gasteiger partial charge in [-0.15, -0.1) is 0 Å². The third-order valence-electron chi connectivity index (χ3n) is 5.01. The molecule has 1 atom stereocenters. The molecule has 2 aromatic rings. The van der Waals surface area contributed by atoms with Crippen LogP contribution in [0, 0.1) is 0 Å². The van der Waals surface area contributed by atoms with Crippen molar-refractivity contribution in [2.45, 2.75) is 52.4 Å². The first-order chi connectivity index (χ1) is 14.0. The van der Waals surface area contributed by atoms with E-state index in [1.54, 1.807) is 7.05 Å². The topological polar surface area (TPSA) is 74.9 Å². The van der Waals surface area contributed by atoms with Gasteiger partial charge in [0.25, 0.3) is 0 Å². The normalized spacial score (nSPS) is 18.2. The lowest BCUT2D eigenvalue weighted by atomic mass is 10.1. The highest BCUT2D eigenvalue weighted by atomic mass is 16.5. The second kappa shape index (κ2) is 10.4. The highest BCUT2D eigenvalue weighted by Crippen LogP contribution is 2.14. The third kappa shape index (κ3) is 6.58. The van der Waals surface area contributed by atoms with Gasteiger partial charge in [-0.1, -0.05) is 43.3 Å². The van der Waals surface area contributed by atoms with Crippen LogP contribution in [0.15, 0.2) is 39.8 Å². The fourth-order valence-electron chi connectivity index (χ4n) is 3.39. The van der Waals surface area contributed by atoms with Crippen molar-refractivity contribution in [3.8, 4) is 0 Å². The van der Waals surface area contributed by atoms with Crippen LogP contribution in [-0.2, 0) is 24.4 Å². The van der Waals surface area contributed by atoms with Crippen LogP contribution < -0.4 is 10.6 Å². The summed E-state index contributed by atoms with van der Waals surface area (Å²) < 4.78 is 11.0. The molecule has 7 heteroatoms. The van der Waals surface area contributed by atoms with E-state index >= 15 is 0 Å². The van der Waals surface area contributed by atoms with Gasteiger partial charge in [-0.2, -0.15) is 0 Å². The van der Waals surface area contributed by atoms with Gasteiger partial charge in [-0.25, -0.2) is 0 Å². The lowest BCUT2D eigenvalue weighted by Crippen LogP contribution is -2.40. The number of ether oxygens (including phenoxy) is 1. The average Bonchev–Trinajstić information content (AvgIpc) is 3.18. The van der Waals surface area contributed by atoms with Crippen molar-refractivity contribution in [2.24, 2.45) is 4.99 Å². The van der Waals surface area contributed by atoms with E-state index < -0.39 is 0 Å². The summed E-state index contributed by atoms with van der Waals surface area (Å²) in [6.45, 7) is 11.3. The number of hydrogen-bond donors (Lipinski definition) is 2. The minimum atomic E-state index is 0.309. The van der Waals surface area contributed by atoms with Crippen molar-refractivity contribution in [1.82, 2.24) is 20.7 Å². The smallest absolute Gasteiger partial charge is 0.191 e. The summed E-state index contributed by atoms with van der Waals surface area (Å²) in [4.78, 5) is 6.74.